The molecular weight excluding hydrogens is 536 g/mol. The molecule has 11 heteroatoms. The average molecular weight is 563 g/mol. The number of esters is 1. The maximum atomic E-state index is 13.7. The minimum absolute atomic E-state index is 0.0275. The van der Waals surface area contributed by atoms with Crippen molar-refractivity contribution in [1.82, 2.24) is 0 Å². The zero-order chi connectivity index (χ0) is 26.7. The Balaban J connectivity index is 1.70. The SMILES string of the molecule is COC(=O)c1c(NC(=O)CN(c2ccc(OC)c(Cl)c2)S(=O)(=O)c2ccc(C)cc2)sc2c1CCCC2. The van der Waals surface area contributed by atoms with Crippen LogP contribution in [-0.4, -0.2) is 41.1 Å². The van der Waals surface area contributed by atoms with Gasteiger partial charge >= 0.3 is 5.97 Å². The third-order valence-electron chi connectivity index (χ3n) is 6.13. The summed E-state index contributed by atoms with van der Waals surface area (Å²) >= 11 is 7.62. The zero-order valence-corrected chi connectivity index (χ0v) is 23.1. The topological polar surface area (TPSA) is 102 Å². The first kappa shape index (κ1) is 27.0. The fourth-order valence-electron chi connectivity index (χ4n) is 4.23. The van der Waals surface area contributed by atoms with Crippen LogP contribution < -0.4 is 14.4 Å². The van der Waals surface area contributed by atoms with Crippen molar-refractivity contribution in [2.24, 2.45) is 0 Å². The standard InChI is InChI=1S/C26H27ClN2O6S2/c1-16-8-11-18(12-9-16)37(32,33)29(17-10-13-21(34-2)20(27)14-17)15-23(30)28-25-24(26(31)35-3)19-6-4-5-7-22(19)36-25/h8-14H,4-7,15H2,1-3H3,(H,28,30). The van der Waals surface area contributed by atoms with E-state index < -0.39 is 28.4 Å². The van der Waals surface area contributed by atoms with E-state index in [0.717, 1.165) is 46.0 Å². The monoisotopic (exact) mass is 562 g/mol. The van der Waals surface area contributed by atoms with Gasteiger partial charge in [0.15, 0.2) is 0 Å². The summed E-state index contributed by atoms with van der Waals surface area (Å²) in [5.41, 5.74) is 2.33. The van der Waals surface area contributed by atoms with E-state index in [1.54, 1.807) is 12.1 Å². The summed E-state index contributed by atoms with van der Waals surface area (Å²) in [5, 5.41) is 3.33. The number of benzene rings is 2. The molecular formula is C26H27ClN2O6S2. The third kappa shape index (κ3) is 5.61. The smallest absolute Gasteiger partial charge is 0.341 e. The van der Waals surface area contributed by atoms with E-state index in [1.165, 1.54) is 55.9 Å². The van der Waals surface area contributed by atoms with Gasteiger partial charge in [-0.2, -0.15) is 0 Å². The molecule has 196 valence electrons. The van der Waals surface area contributed by atoms with Gasteiger partial charge in [0, 0.05) is 4.88 Å². The number of nitrogens with one attached hydrogen (secondary N) is 1. The third-order valence-corrected chi connectivity index (χ3v) is 9.42. The number of fused-ring (bicyclic) bond motifs is 1. The molecule has 1 aromatic heterocycles. The number of amides is 1. The number of ether oxygens (including phenoxy) is 2. The molecule has 1 aliphatic carbocycles. The van der Waals surface area contributed by atoms with E-state index in [-0.39, 0.29) is 15.6 Å². The largest absolute Gasteiger partial charge is 0.495 e. The van der Waals surface area contributed by atoms with Crippen molar-refractivity contribution in [3.05, 3.63) is 69.1 Å². The lowest BCUT2D eigenvalue weighted by Crippen LogP contribution is -2.38. The highest BCUT2D eigenvalue weighted by Gasteiger charge is 2.30. The Labute approximate surface area is 225 Å². The Morgan fingerprint density at radius 3 is 2.43 bits per heavy atom. The Morgan fingerprint density at radius 2 is 1.78 bits per heavy atom. The average Bonchev–Trinajstić information content (AvgIpc) is 3.24. The summed E-state index contributed by atoms with van der Waals surface area (Å²) in [6, 6.07) is 10.8. The molecule has 0 aliphatic heterocycles. The molecule has 1 heterocycles. The highest BCUT2D eigenvalue weighted by molar-refractivity contribution is 7.92. The number of anilines is 2. The van der Waals surface area contributed by atoms with Crippen LogP contribution in [0, 0.1) is 6.92 Å². The van der Waals surface area contributed by atoms with E-state index in [4.69, 9.17) is 21.1 Å². The van der Waals surface area contributed by atoms with E-state index >= 15 is 0 Å². The molecule has 4 rings (SSSR count). The van der Waals surface area contributed by atoms with Gasteiger partial charge in [0.25, 0.3) is 10.0 Å². The lowest BCUT2D eigenvalue weighted by molar-refractivity contribution is -0.114. The number of aryl methyl sites for hydroxylation is 2. The van der Waals surface area contributed by atoms with Gasteiger partial charge < -0.3 is 14.8 Å². The molecule has 0 unspecified atom stereocenters. The van der Waals surface area contributed by atoms with E-state index in [0.29, 0.717) is 16.3 Å². The van der Waals surface area contributed by atoms with Gasteiger partial charge in [0.2, 0.25) is 5.91 Å². The number of carbonyl (C=O) groups is 2. The normalized spacial score (nSPS) is 13.0. The lowest BCUT2D eigenvalue weighted by atomic mass is 9.95. The molecule has 1 N–H and O–H groups in total. The van der Waals surface area contributed by atoms with Gasteiger partial charge in [0.1, 0.15) is 17.3 Å². The van der Waals surface area contributed by atoms with Crippen molar-refractivity contribution in [3.8, 4) is 5.75 Å². The quantitative estimate of drug-likeness (QED) is 0.378. The minimum Gasteiger partial charge on any atom is -0.495 e. The number of rotatable bonds is 8. The molecule has 1 amide bonds. The van der Waals surface area contributed by atoms with Gasteiger partial charge in [-0.25, -0.2) is 13.2 Å². The molecule has 0 fully saturated rings. The first-order valence-corrected chi connectivity index (χ1v) is 14.2. The number of hydrogen-bond donors (Lipinski definition) is 1. The molecule has 0 radical (unpaired) electrons. The van der Waals surface area contributed by atoms with Crippen LogP contribution in [-0.2, 0) is 32.4 Å². The molecule has 1 aliphatic rings. The number of sulfonamides is 1. The van der Waals surface area contributed by atoms with E-state index in [9.17, 15) is 18.0 Å². The summed E-state index contributed by atoms with van der Waals surface area (Å²) in [5.74, 6) is -0.762. The number of halogens is 1. The zero-order valence-electron chi connectivity index (χ0n) is 20.7. The lowest BCUT2D eigenvalue weighted by Gasteiger charge is -2.24. The van der Waals surface area contributed by atoms with Crippen LogP contribution in [0.15, 0.2) is 47.4 Å². The predicted molar refractivity (Wildman–Crippen MR) is 145 cm³/mol. The fraction of sp³-hybridized carbons (Fsp3) is 0.308. The second kappa shape index (κ2) is 11.1. The molecule has 0 spiro atoms. The van der Waals surface area contributed by atoms with Crippen molar-refractivity contribution in [3.63, 3.8) is 0 Å². The Hall–Kier alpha value is -3.08. The van der Waals surface area contributed by atoms with Crippen molar-refractivity contribution < 1.29 is 27.5 Å². The van der Waals surface area contributed by atoms with Crippen molar-refractivity contribution in [1.29, 1.82) is 0 Å². The summed E-state index contributed by atoms with van der Waals surface area (Å²) in [4.78, 5) is 26.9. The van der Waals surface area contributed by atoms with Crippen LogP contribution in [0.5, 0.6) is 5.75 Å². The molecule has 3 aromatic rings. The maximum Gasteiger partial charge on any atom is 0.341 e. The molecule has 0 atom stereocenters. The van der Waals surface area contributed by atoms with Gasteiger partial charge in [-0.1, -0.05) is 29.3 Å². The first-order chi connectivity index (χ1) is 17.6. The van der Waals surface area contributed by atoms with Gasteiger partial charge in [-0.05, 0) is 68.5 Å². The number of methoxy groups -OCH3 is 2. The van der Waals surface area contributed by atoms with Gasteiger partial charge in [-0.3, -0.25) is 9.10 Å². The second-order valence-corrected chi connectivity index (χ2v) is 12.0. The summed E-state index contributed by atoms with van der Waals surface area (Å²) < 4.78 is 38.5. The molecule has 37 heavy (non-hydrogen) atoms. The minimum atomic E-state index is -4.14. The van der Waals surface area contributed by atoms with Crippen LogP contribution in [0.2, 0.25) is 5.02 Å². The Morgan fingerprint density at radius 1 is 1.08 bits per heavy atom. The van der Waals surface area contributed by atoms with Gasteiger partial charge in [0.05, 0.1) is 35.4 Å². The summed E-state index contributed by atoms with van der Waals surface area (Å²) in [7, 11) is -1.39. The molecule has 2 aromatic carbocycles. The number of nitrogens with zero attached hydrogens (tertiary/aromatic N) is 1. The summed E-state index contributed by atoms with van der Waals surface area (Å²) in [6.45, 7) is 1.31. The van der Waals surface area contributed by atoms with Crippen LogP contribution in [0.1, 0.15) is 39.2 Å². The Bertz CT molecular complexity index is 1430. The van der Waals surface area contributed by atoms with E-state index in [1.807, 2.05) is 6.92 Å². The maximum absolute atomic E-state index is 13.7. The van der Waals surface area contributed by atoms with Crippen molar-refractivity contribution >= 4 is 55.5 Å². The fourth-order valence-corrected chi connectivity index (χ4v) is 7.19. The highest BCUT2D eigenvalue weighted by atomic mass is 35.5. The molecule has 8 nitrogen and oxygen atoms in total. The van der Waals surface area contributed by atoms with E-state index in [2.05, 4.69) is 5.32 Å². The van der Waals surface area contributed by atoms with Crippen LogP contribution in [0.25, 0.3) is 0 Å². The molecule has 0 saturated carbocycles. The van der Waals surface area contributed by atoms with Crippen molar-refractivity contribution in [2.45, 2.75) is 37.5 Å². The van der Waals surface area contributed by atoms with Gasteiger partial charge in [-0.15, -0.1) is 11.3 Å². The number of hydrogen-bond acceptors (Lipinski definition) is 7. The second-order valence-electron chi connectivity index (χ2n) is 8.60. The number of carbonyl (C=O) groups excluding carboxylic acids is 2. The summed E-state index contributed by atoms with van der Waals surface area (Å²) in [6.07, 6.45) is 3.49. The predicted octanol–water partition coefficient (Wildman–Crippen LogP) is 5.22. The van der Waals surface area contributed by atoms with Crippen LogP contribution >= 0.6 is 22.9 Å². The van der Waals surface area contributed by atoms with Crippen LogP contribution in [0.4, 0.5) is 10.7 Å². The molecule has 0 saturated heterocycles. The Kier molecular flexibility index (Phi) is 8.11. The van der Waals surface area contributed by atoms with Crippen LogP contribution in [0.3, 0.4) is 0 Å². The highest BCUT2D eigenvalue weighted by Crippen LogP contribution is 2.39. The number of thiophene rings is 1. The molecule has 0 bridgehead atoms. The van der Waals surface area contributed by atoms with Crippen molar-refractivity contribution in [2.75, 3.05) is 30.4 Å². The first-order valence-electron chi connectivity index (χ1n) is 11.6.